The number of piperidine rings is 1. The molecule has 0 unspecified atom stereocenters. The number of hydrogen-bond acceptors (Lipinski definition) is 6. The van der Waals surface area contributed by atoms with Crippen LogP contribution in [-0.4, -0.2) is 33.0 Å². The van der Waals surface area contributed by atoms with Crippen LogP contribution in [0.2, 0.25) is 0 Å². The van der Waals surface area contributed by atoms with Gasteiger partial charge in [-0.2, -0.15) is 0 Å². The van der Waals surface area contributed by atoms with Gasteiger partial charge in [0, 0.05) is 23.7 Å². The molecule has 1 fully saturated rings. The molecule has 0 radical (unpaired) electrons. The molecule has 1 aliphatic rings. The Morgan fingerprint density at radius 2 is 1.79 bits per heavy atom. The molecule has 2 heterocycles. The Kier molecular flexibility index (Phi) is 5.43. The largest absolute Gasteiger partial charge is 0.508 e. The molecule has 0 spiro atoms. The molecular formula is C25H24N4O4. The van der Waals surface area contributed by atoms with Crippen molar-refractivity contribution in [1.82, 2.24) is 9.88 Å². The lowest BCUT2D eigenvalue weighted by atomic mass is 10.1. The Morgan fingerprint density at radius 1 is 1.03 bits per heavy atom. The van der Waals surface area contributed by atoms with Crippen molar-refractivity contribution in [1.29, 1.82) is 0 Å². The van der Waals surface area contributed by atoms with Gasteiger partial charge in [-0.1, -0.05) is 18.6 Å². The number of likely N-dealkylation sites (tertiary alicyclic amines) is 1. The summed E-state index contributed by atoms with van der Waals surface area (Å²) in [6.07, 6.45) is 3.79. The second-order valence-electron chi connectivity index (χ2n) is 8.48. The number of nitro groups is 1. The molecule has 0 bridgehead atoms. The van der Waals surface area contributed by atoms with E-state index in [0.29, 0.717) is 11.2 Å². The van der Waals surface area contributed by atoms with Gasteiger partial charge in [-0.05, 0) is 67.9 Å². The number of benzene rings is 3. The van der Waals surface area contributed by atoms with Crippen LogP contribution in [0.3, 0.4) is 0 Å². The van der Waals surface area contributed by atoms with E-state index in [-0.39, 0.29) is 33.2 Å². The van der Waals surface area contributed by atoms with Crippen molar-refractivity contribution in [2.45, 2.75) is 25.8 Å². The summed E-state index contributed by atoms with van der Waals surface area (Å²) in [4.78, 5) is 29.9. The van der Waals surface area contributed by atoms with Crippen molar-refractivity contribution < 1.29 is 10.0 Å². The van der Waals surface area contributed by atoms with Crippen LogP contribution < -0.4 is 10.7 Å². The fourth-order valence-electron chi connectivity index (χ4n) is 4.53. The highest BCUT2D eigenvalue weighted by Gasteiger charge is 2.20. The first-order valence-corrected chi connectivity index (χ1v) is 11.0. The molecule has 1 aromatic heterocycles. The second kappa shape index (κ2) is 8.55. The molecule has 8 nitrogen and oxygen atoms in total. The minimum Gasteiger partial charge on any atom is -0.508 e. The van der Waals surface area contributed by atoms with Crippen LogP contribution in [0.25, 0.3) is 21.8 Å². The molecule has 0 amide bonds. The average molecular weight is 444 g/mol. The number of aromatic amines is 1. The third-order valence-corrected chi connectivity index (χ3v) is 6.20. The molecule has 3 aromatic carbocycles. The van der Waals surface area contributed by atoms with E-state index in [2.05, 4.69) is 27.3 Å². The van der Waals surface area contributed by atoms with E-state index in [1.165, 1.54) is 49.1 Å². The first-order valence-electron chi connectivity index (χ1n) is 11.0. The Hall–Kier alpha value is -3.91. The summed E-state index contributed by atoms with van der Waals surface area (Å²) in [5, 5.41) is 25.1. The van der Waals surface area contributed by atoms with Gasteiger partial charge in [-0.25, -0.2) is 0 Å². The predicted octanol–water partition coefficient (Wildman–Crippen LogP) is 5.02. The van der Waals surface area contributed by atoms with E-state index >= 15 is 0 Å². The monoisotopic (exact) mass is 444 g/mol. The molecular weight excluding hydrogens is 420 g/mol. The van der Waals surface area contributed by atoms with Gasteiger partial charge in [0.15, 0.2) is 5.43 Å². The summed E-state index contributed by atoms with van der Waals surface area (Å²) >= 11 is 0. The topological polar surface area (TPSA) is 111 Å². The lowest BCUT2D eigenvalue weighted by Gasteiger charge is -2.26. The fraction of sp³-hybridized carbons (Fsp3) is 0.240. The highest BCUT2D eigenvalue weighted by molar-refractivity contribution is 6.04. The van der Waals surface area contributed by atoms with Crippen molar-refractivity contribution in [3.05, 3.63) is 80.5 Å². The number of hydrogen-bond donors (Lipinski definition) is 3. The number of phenols is 1. The van der Waals surface area contributed by atoms with Crippen molar-refractivity contribution in [3.63, 3.8) is 0 Å². The van der Waals surface area contributed by atoms with Crippen molar-refractivity contribution >= 4 is 38.9 Å². The number of phenolic OH excluding ortho intramolecular Hbond substituents is 1. The number of non-ortho nitro benzene ring substituents is 1. The number of nitrogens with zero attached hydrogens (tertiary/aromatic N) is 2. The minimum atomic E-state index is -0.510. The first kappa shape index (κ1) is 21.0. The summed E-state index contributed by atoms with van der Waals surface area (Å²) in [5.74, 6) is -0.0448. The number of anilines is 2. The van der Waals surface area contributed by atoms with Crippen molar-refractivity contribution in [2.24, 2.45) is 0 Å². The van der Waals surface area contributed by atoms with Crippen LogP contribution >= 0.6 is 0 Å². The van der Waals surface area contributed by atoms with Gasteiger partial charge in [0.1, 0.15) is 11.3 Å². The molecule has 1 aliphatic heterocycles. The molecule has 33 heavy (non-hydrogen) atoms. The summed E-state index contributed by atoms with van der Waals surface area (Å²) < 4.78 is 0. The summed E-state index contributed by atoms with van der Waals surface area (Å²) in [6.45, 7) is 3.16. The smallest absolute Gasteiger partial charge is 0.293 e. The zero-order valence-corrected chi connectivity index (χ0v) is 18.0. The quantitative estimate of drug-likeness (QED) is 0.226. The molecule has 0 atom stereocenters. The van der Waals surface area contributed by atoms with Crippen molar-refractivity contribution in [3.8, 4) is 5.75 Å². The van der Waals surface area contributed by atoms with Gasteiger partial charge in [-0.15, -0.1) is 0 Å². The summed E-state index contributed by atoms with van der Waals surface area (Å²) in [5.41, 5.74) is 2.47. The van der Waals surface area contributed by atoms with Crippen LogP contribution in [0.1, 0.15) is 24.8 Å². The number of fused-ring (bicyclic) bond motifs is 2. The number of nitrogens with one attached hydrogen (secondary N) is 2. The maximum atomic E-state index is 13.3. The van der Waals surface area contributed by atoms with E-state index in [9.17, 15) is 20.0 Å². The fourth-order valence-corrected chi connectivity index (χ4v) is 4.53. The number of H-pyrrole nitrogens is 1. The lowest BCUT2D eigenvalue weighted by molar-refractivity contribution is -0.383. The van der Waals surface area contributed by atoms with E-state index in [0.717, 1.165) is 25.3 Å². The molecule has 4 aromatic rings. The molecule has 8 heteroatoms. The highest BCUT2D eigenvalue weighted by atomic mass is 16.6. The Morgan fingerprint density at radius 3 is 2.52 bits per heavy atom. The van der Waals surface area contributed by atoms with Crippen LogP contribution in [0.15, 0.2) is 59.4 Å². The first-order chi connectivity index (χ1) is 16.0. The van der Waals surface area contributed by atoms with E-state index in [4.69, 9.17) is 0 Å². The number of rotatable bonds is 5. The second-order valence-corrected chi connectivity index (χ2v) is 8.48. The van der Waals surface area contributed by atoms with Gasteiger partial charge < -0.3 is 15.4 Å². The van der Waals surface area contributed by atoms with Gasteiger partial charge in [-0.3, -0.25) is 19.8 Å². The molecule has 0 saturated carbocycles. The van der Waals surface area contributed by atoms with E-state index in [1.54, 1.807) is 6.07 Å². The average Bonchev–Trinajstić information content (AvgIpc) is 2.81. The lowest BCUT2D eigenvalue weighted by Crippen LogP contribution is -2.29. The summed E-state index contributed by atoms with van der Waals surface area (Å²) in [6, 6.07) is 15.3. The number of aromatic nitrogens is 1. The zero-order chi connectivity index (χ0) is 22.9. The number of pyridine rings is 1. The maximum Gasteiger partial charge on any atom is 0.293 e. The Bertz CT molecular complexity index is 1410. The van der Waals surface area contributed by atoms with Crippen LogP contribution in [0.4, 0.5) is 17.1 Å². The number of nitro benzene ring substituents is 1. The van der Waals surface area contributed by atoms with E-state index < -0.39 is 4.92 Å². The van der Waals surface area contributed by atoms with Gasteiger partial charge in [0.05, 0.1) is 21.5 Å². The molecule has 0 aliphatic carbocycles. The van der Waals surface area contributed by atoms with Gasteiger partial charge in [0.25, 0.3) is 5.69 Å². The molecule has 168 valence electrons. The number of aromatic hydroxyl groups is 1. The minimum absolute atomic E-state index is 0.0448. The van der Waals surface area contributed by atoms with Crippen molar-refractivity contribution in [2.75, 3.05) is 18.4 Å². The Balaban J connectivity index is 1.53. The standard InChI is InChI=1S/C25H24N4O4/c30-18-8-9-20-19(14-18)25(31)23-21(10-11-22(29(32)33)24(23)27-20)26-17-6-4-16(5-7-17)15-28-12-2-1-3-13-28/h4-11,14,26,30H,1-3,12-13,15H2,(H,27,31). The zero-order valence-electron chi connectivity index (χ0n) is 18.0. The molecule has 1 saturated heterocycles. The maximum absolute atomic E-state index is 13.3. The SMILES string of the molecule is O=c1c2cc(O)ccc2[nH]c2c([N+](=O)[O-])ccc(Nc3ccc(CN4CCCCC4)cc3)c12. The Labute approximate surface area is 189 Å². The highest BCUT2D eigenvalue weighted by Crippen LogP contribution is 2.32. The van der Waals surface area contributed by atoms with Crippen LogP contribution in [0, 0.1) is 10.1 Å². The molecule has 5 rings (SSSR count). The van der Waals surface area contributed by atoms with Crippen LogP contribution in [0.5, 0.6) is 5.75 Å². The summed E-state index contributed by atoms with van der Waals surface area (Å²) in [7, 11) is 0. The van der Waals surface area contributed by atoms with Gasteiger partial charge in [0.2, 0.25) is 0 Å². The van der Waals surface area contributed by atoms with Crippen LogP contribution in [-0.2, 0) is 6.54 Å². The van der Waals surface area contributed by atoms with E-state index in [1.807, 2.05) is 12.1 Å². The van der Waals surface area contributed by atoms with Gasteiger partial charge >= 0.3 is 0 Å². The predicted molar refractivity (Wildman–Crippen MR) is 129 cm³/mol. The third kappa shape index (κ3) is 4.12. The third-order valence-electron chi connectivity index (χ3n) is 6.20. The molecule has 3 N–H and O–H groups in total. The normalized spacial score (nSPS) is 14.5.